The summed E-state index contributed by atoms with van der Waals surface area (Å²) in [5, 5.41) is 0. The highest BCUT2D eigenvalue weighted by molar-refractivity contribution is 9.10. The maximum atomic E-state index is 5.78. The van der Waals surface area contributed by atoms with Crippen LogP contribution in [-0.2, 0) is 6.54 Å². The summed E-state index contributed by atoms with van der Waals surface area (Å²) in [6.07, 6.45) is 7.07. The van der Waals surface area contributed by atoms with E-state index in [4.69, 9.17) is 5.73 Å². The van der Waals surface area contributed by atoms with Crippen LogP contribution in [0.2, 0.25) is 0 Å². The summed E-state index contributed by atoms with van der Waals surface area (Å²) in [5.74, 6) is 1.08. The fourth-order valence-electron chi connectivity index (χ4n) is 2.19. The summed E-state index contributed by atoms with van der Waals surface area (Å²) in [7, 11) is 0. The van der Waals surface area contributed by atoms with Gasteiger partial charge in [-0.1, -0.05) is 12.8 Å². The predicted molar refractivity (Wildman–Crippen MR) is 70.5 cm³/mol. The number of halogens is 1. The molecule has 0 aromatic carbocycles. The van der Waals surface area contributed by atoms with Gasteiger partial charge in [0.15, 0.2) is 0 Å². The summed E-state index contributed by atoms with van der Waals surface area (Å²) in [5.41, 5.74) is 6.91. The van der Waals surface area contributed by atoms with Gasteiger partial charge in [0.05, 0.1) is 0 Å². The molecule has 2 N–H and O–H groups in total. The number of aromatic nitrogens is 1. The SMILES string of the molecule is NCc1cc(Br)cnc1N1CCCCCC1. The zero-order chi connectivity index (χ0) is 11.4. The molecule has 4 heteroatoms. The lowest BCUT2D eigenvalue weighted by atomic mass is 10.2. The molecular formula is C12H18BrN3. The Morgan fingerprint density at radius 2 is 1.94 bits per heavy atom. The third-order valence-corrected chi connectivity index (χ3v) is 3.47. The highest BCUT2D eigenvalue weighted by Crippen LogP contribution is 2.23. The van der Waals surface area contributed by atoms with Gasteiger partial charge in [-0.05, 0) is 34.8 Å². The Hall–Kier alpha value is -0.610. The van der Waals surface area contributed by atoms with Gasteiger partial charge >= 0.3 is 0 Å². The van der Waals surface area contributed by atoms with Gasteiger partial charge in [-0.3, -0.25) is 0 Å². The van der Waals surface area contributed by atoms with E-state index in [1.165, 1.54) is 25.7 Å². The lowest BCUT2D eigenvalue weighted by Gasteiger charge is -2.23. The molecule has 1 aromatic heterocycles. The molecule has 1 saturated heterocycles. The summed E-state index contributed by atoms with van der Waals surface area (Å²) in [6, 6.07) is 2.08. The molecule has 0 atom stereocenters. The summed E-state index contributed by atoms with van der Waals surface area (Å²) in [6.45, 7) is 2.78. The van der Waals surface area contributed by atoms with Crippen molar-refractivity contribution in [3.8, 4) is 0 Å². The molecule has 0 aliphatic carbocycles. The molecule has 16 heavy (non-hydrogen) atoms. The molecule has 1 fully saturated rings. The molecule has 1 aromatic rings. The van der Waals surface area contributed by atoms with Crippen LogP contribution in [0.3, 0.4) is 0 Å². The van der Waals surface area contributed by atoms with E-state index in [2.05, 4.69) is 31.9 Å². The maximum Gasteiger partial charge on any atom is 0.133 e. The first-order valence-electron chi connectivity index (χ1n) is 5.90. The number of hydrogen-bond acceptors (Lipinski definition) is 3. The van der Waals surface area contributed by atoms with Gasteiger partial charge in [0.1, 0.15) is 5.82 Å². The Balaban J connectivity index is 2.23. The van der Waals surface area contributed by atoms with E-state index in [1.807, 2.05) is 6.20 Å². The van der Waals surface area contributed by atoms with Crippen molar-refractivity contribution in [3.63, 3.8) is 0 Å². The Morgan fingerprint density at radius 1 is 1.25 bits per heavy atom. The minimum Gasteiger partial charge on any atom is -0.356 e. The van der Waals surface area contributed by atoms with Crippen molar-refractivity contribution >= 4 is 21.7 Å². The Bertz CT molecular complexity index is 346. The van der Waals surface area contributed by atoms with Gasteiger partial charge < -0.3 is 10.6 Å². The van der Waals surface area contributed by atoms with Crippen molar-refractivity contribution in [1.82, 2.24) is 4.98 Å². The minimum absolute atomic E-state index is 0.554. The van der Waals surface area contributed by atoms with Gasteiger partial charge in [-0.15, -0.1) is 0 Å². The van der Waals surface area contributed by atoms with E-state index in [-0.39, 0.29) is 0 Å². The fourth-order valence-corrected chi connectivity index (χ4v) is 2.57. The highest BCUT2D eigenvalue weighted by Gasteiger charge is 2.14. The first-order chi connectivity index (χ1) is 7.81. The van der Waals surface area contributed by atoms with Gasteiger partial charge in [0.25, 0.3) is 0 Å². The van der Waals surface area contributed by atoms with Gasteiger partial charge in [0.2, 0.25) is 0 Å². The Morgan fingerprint density at radius 3 is 2.56 bits per heavy atom. The van der Waals surface area contributed by atoms with E-state index in [9.17, 15) is 0 Å². The van der Waals surface area contributed by atoms with E-state index in [1.54, 1.807) is 0 Å². The van der Waals surface area contributed by atoms with Crippen LogP contribution in [0.4, 0.5) is 5.82 Å². The van der Waals surface area contributed by atoms with Gasteiger partial charge in [-0.25, -0.2) is 4.98 Å². The second-order valence-electron chi connectivity index (χ2n) is 4.24. The van der Waals surface area contributed by atoms with E-state index < -0.39 is 0 Å². The van der Waals surface area contributed by atoms with E-state index >= 15 is 0 Å². The van der Waals surface area contributed by atoms with Crippen LogP contribution in [0, 0.1) is 0 Å². The number of pyridine rings is 1. The second-order valence-corrected chi connectivity index (χ2v) is 5.16. The van der Waals surface area contributed by atoms with E-state index in [0.717, 1.165) is 28.9 Å². The maximum absolute atomic E-state index is 5.78. The van der Waals surface area contributed by atoms with Crippen molar-refractivity contribution in [2.24, 2.45) is 5.73 Å². The molecule has 2 heterocycles. The lowest BCUT2D eigenvalue weighted by Crippen LogP contribution is -2.26. The average Bonchev–Trinajstić information content (AvgIpc) is 2.57. The Kier molecular flexibility index (Phi) is 4.18. The smallest absolute Gasteiger partial charge is 0.133 e. The monoisotopic (exact) mass is 283 g/mol. The summed E-state index contributed by atoms with van der Waals surface area (Å²) in [4.78, 5) is 6.89. The molecular weight excluding hydrogens is 266 g/mol. The van der Waals surface area contributed by atoms with Crippen molar-refractivity contribution in [2.45, 2.75) is 32.2 Å². The summed E-state index contributed by atoms with van der Waals surface area (Å²) < 4.78 is 1.01. The molecule has 0 bridgehead atoms. The summed E-state index contributed by atoms with van der Waals surface area (Å²) >= 11 is 3.44. The number of rotatable bonds is 2. The van der Waals surface area contributed by atoms with Crippen molar-refractivity contribution in [1.29, 1.82) is 0 Å². The molecule has 0 amide bonds. The first-order valence-corrected chi connectivity index (χ1v) is 6.70. The second kappa shape index (κ2) is 5.64. The molecule has 0 saturated carbocycles. The number of nitrogens with two attached hydrogens (primary N) is 1. The molecule has 0 spiro atoms. The predicted octanol–water partition coefficient (Wildman–Crippen LogP) is 2.68. The topological polar surface area (TPSA) is 42.1 Å². The minimum atomic E-state index is 0.554. The van der Waals surface area contributed by atoms with Crippen LogP contribution < -0.4 is 10.6 Å². The fraction of sp³-hybridized carbons (Fsp3) is 0.583. The molecule has 88 valence electrons. The van der Waals surface area contributed by atoms with Crippen LogP contribution in [-0.4, -0.2) is 18.1 Å². The van der Waals surface area contributed by atoms with Crippen LogP contribution in [0.15, 0.2) is 16.7 Å². The van der Waals surface area contributed by atoms with Gasteiger partial charge in [-0.2, -0.15) is 0 Å². The molecule has 2 rings (SSSR count). The van der Waals surface area contributed by atoms with Crippen LogP contribution in [0.1, 0.15) is 31.2 Å². The third-order valence-electron chi connectivity index (χ3n) is 3.04. The number of nitrogens with zero attached hydrogens (tertiary/aromatic N) is 2. The molecule has 3 nitrogen and oxygen atoms in total. The standard InChI is InChI=1S/C12H18BrN3/c13-11-7-10(8-14)12(15-9-11)16-5-3-1-2-4-6-16/h7,9H,1-6,8,14H2. The number of hydrogen-bond donors (Lipinski definition) is 1. The van der Waals surface area contributed by atoms with Crippen LogP contribution in [0.5, 0.6) is 0 Å². The quantitative estimate of drug-likeness (QED) is 0.908. The van der Waals surface area contributed by atoms with Crippen molar-refractivity contribution in [3.05, 3.63) is 22.3 Å². The zero-order valence-corrected chi connectivity index (χ0v) is 11.0. The molecule has 0 radical (unpaired) electrons. The molecule has 1 aliphatic rings. The normalized spacial score (nSPS) is 17.2. The van der Waals surface area contributed by atoms with Crippen LogP contribution >= 0.6 is 15.9 Å². The zero-order valence-electron chi connectivity index (χ0n) is 9.45. The third kappa shape index (κ3) is 2.74. The van der Waals surface area contributed by atoms with Crippen molar-refractivity contribution < 1.29 is 0 Å². The average molecular weight is 284 g/mol. The number of anilines is 1. The largest absolute Gasteiger partial charge is 0.356 e. The van der Waals surface area contributed by atoms with Crippen molar-refractivity contribution in [2.75, 3.05) is 18.0 Å². The molecule has 1 aliphatic heterocycles. The Labute approximate surface area is 105 Å². The lowest BCUT2D eigenvalue weighted by molar-refractivity contribution is 0.726. The highest BCUT2D eigenvalue weighted by atomic mass is 79.9. The molecule has 0 unspecified atom stereocenters. The first kappa shape index (κ1) is 11.9. The van der Waals surface area contributed by atoms with Crippen LogP contribution in [0.25, 0.3) is 0 Å². The van der Waals surface area contributed by atoms with E-state index in [0.29, 0.717) is 6.54 Å². The van der Waals surface area contributed by atoms with Gasteiger partial charge in [0, 0.05) is 35.9 Å².